The third-order valence-corrected chi connectivity index (χ3v) is 5.06. The third-order valence-electron chi connectivity index (χ3n) is 5.06. The van der Waals surface area contributed by atoms with Crippen molar-refractivity contribution in [1.82, 2.24) is 0 Å². The van der Waals surface area contributed by atoms with E-state index in [4.69, 9.17) is 0 Å². The fourth-order valence-electron chi connectivity index (χ4n) is 3.58. The number of fused-ring (bicyclic) bond motifs is 2. The highest BCUT2D eigenvalue weighted by Gasteiger charge is 2.67. The normalized spacial score (nSPS) is 41.7. The van der Waals surface area contributed by atoms with E-state index in [1.165, 1.54) is 11.1 Å². The van der Waals surface area contributed by atoms with Gasteiger partial charge in [-0.1, -0.05) is 30.7 Å². The highest BCUT2D eigenvalue weighted by Crippen LogP contribution is 2.65. The van der Waals surface area contributed by atoms with Crippen LogP contribution in [-0.4, -0.2) is 21.9 Å². The molecule has 3 rings (SSSR count). The molecular formula is C15H24O2. The Morgan fingerprint density at radius 1 is 1.59 bits per heavy atom. The Bertz CT molecular complexity index is 363. The number of aliphatic hydroxyl groups excluding tert-OH is 1. The average Bonchev–Trinajstić information content (AvgIpc) is 2.27. The highest BCUT2D eigenvalue weighted by atomic mass is 16.3. The van der Waals surface area contributed by atoms with Crippen LogP contribution in [0.2, 0.25) is 0 Å². The van der Waals surface area contributed by atoms with Crippen LogP contribution in [0.1, 0.15) is 46.5 Å². The first-order valence-electron chi connectivity index (χ1n) is 6.53. The molecule has 0 spiro atoms. The Morgan fingerprint density at radius 3 is 2.76 bits per heavy atom. The van der Waals surface area contributed by atoms with Gasteiger partial charge < -0.3 is 10.2 Å². The topological polar surface area (TPSA) is 40.5 Å². The van der Waals surface area contributed by atoms with Crippen molar-refractivity contribution in [3.05, 3.63) is 23.8 Å². The number of rotatable bonds is 3. The van der Waals surface area contributed by atoms with Gasteiger partial charge in [-0.25, -0.2) is 0 Å². The van der Waals surface area contributed by atoms with E-state index < -0.39 is 17.1 Å². The molecule has 2 heteroatoms. The molecule has 0 aromatic carbocycles. The summed E-state index contributed by atoms with van der Waals surface area (Å²) in [5, 5.41) is 21.0. The molecule has 2 nitrogen and oxygen atoms in total. The summed E-state index contributed by atoms with van der Waals surface area (Å²) in [6.45, 7) is 10.2. The van der Waals surface area contributed by atoms with Gasteiger partial charge in [0, 0.05) is 5.41 Å². The Balaban J connectivity index is 2.18. The molecule has 96 valence electrons. The fraction of sp³-hybridized carbons (Fsp3) is 0.733. The average molecular weight is 236 g/mol. The van der Waals surface area contributed by atoms with Gasteiger partial charge in [0.1, 0.15) is 0 Å². The minimum Gasteiger partial charge on any atom is -0.392 e. The van der Waals surface area contributed by atoms with E-state index in [9.17, 15) is 10.2 Å². The first-order chi connectivity index (χ1) is 7.81. The predicted molar refractivity (Wildman–Crippen MR) is 69.6 cm³/mol. The van der Waals surface area contributed by atoms with E-state index in [-0.39, 0.29) is 0 Å². The van der Waals surface area contributed by atoms with Crippen LogP contribution in [0.4, 0.5) is 0 Å². The van der Waals surface area contributed by atoms with Gasteiger partial charge in [-0.15, -0.1) is 0 Å². The lowest BCUT2D eigenvalue weighted by Gasteiger charge is -2.66. The lowest BCUT2D eigenvalue weighted by Crippen LogP contribution is -2.69. The standard InChI is InChI=1S/C15H24O2/c1-10(2)5-6-13(16)14(4)12-9-15(14,17)8-7-11(12)3/h5,12-13,16-17H,3,6-9H2,1-2,4H3. The smallest absolute Gasteiger partial charge is 0.0740 e. The zero-order valence-corrected chi connectivity index (χ0v) is 11.2. The van der Waals surface area contributed by atoms with E-state index in [1.807, 2.05) is 20.8 Å². The maximum absolute atomic E-state index is 10.6. The van der Waals surface area contributed by atoms with Crippen LogP contribution in [0.3, 0.4) is 0 Å². The molecule has 3 aliphatic carbocycles. The van der Waals surface area contributed by atoms with Gasteiger partial charge in [-0.05, 0) is 45.4 Å². The molecule has 3 aliphatic rings. The summed E-state index contributed by atoms with van der Waals surface area (Å²) in [6, 6.07) is 0. The van der Waals surface area contributed by atoms with Crippen LogP contribution in [0, 0.1) is 11.3 Å². The van der Waals surface area contributed by atoms with Crippen LogP contribution in [0.15, 0.2) is 23.8 Å². The summed E-state index contributed by atoms with van der Waals surface area (Å²) < 4.78 is 0. The summed E-state index contributed by atoms with van der Waals surface area (Å²) >= 11 is 0. The minimum absolute atomic E-state index is 0.293. The van der Waals surface area contributed by atoms with Crippen molar-refractivity contribution in [2.75, 3.05) is 0 Å². The van der Waals surface area contributed by atoms with Crippen molar-refractivity contribution >= 4 is 0 Å². The van der Waals surface area contributed by atoms with Gasteiger partial charge in [0.25, 0.3) is 0 Å². The molecule has 4 atom stereocenters. The highest BCUT2D eigenvalue weighted by molar-refractivity contribution is 5.28. The number of hydrogen-bond donors (Lipinski definition) is 2. The van der Waals surface area contributed by atoms with Crippen molar-refractivity contribution in [2.45, 2.75) is 58.2 Å². The van der Waals surface area contributed by atoms with E-state index in [2.05, 4.69) is 12.7 Å². The molecule has 0 aromatic rings. The molecule has 0 radical (unpaired) electrons. The first kappa shape index (κ1) is 12.8. The first-order valence-corrected chi connectivity index (χ1v) is 6.53. The van der Waals surface area contributed by atoms with E-state index in [1.54, 1.807) is 0 Å². The van der Waals surface area contributed by atoms with Gasteiger partial charge in [-0.3, -0.25) is 0 Å². The Morgan fingerprint density at radius 2 is 2.24 bits per heavy atom. The van der Waals surface area contributed by atoms with Crippen molar-refractivity contribution in [3.63, 3.8) is 0 Å². The molecule has 2 bridgehead atoms. The lowest BCUT2D eigenvalue weighted by molar-refractivity contribution is -0.252. The molecule has 3 fully saturated rings. The number of aliphatic hydroxyl groups is 2. The zero-order chi connectivity index (χ0) is 12.8. The third kappa shape index (κ3) is 1.69. The maximum Gasteiger partial charge on any atom is 0.0740 e. The quantitative estimate of drug-likeness (QED) is 0.740. The molecule has 0 aromatic heterocycles. The maximum atomic E-state index is 10.6. The Labute approximate surface area is 104 Å². The molecule has 17 heavy (non-hydrogen) atoms. The molecule has 0 amide bonds. The van der Waals surface area contributed by atoms with Gasteiger partial charge in [0.2, 0.25) is 0 Å². The molecule has 0 saturated heterocycles. The fourth-order valence-corrected chi connectivity index (χ4v) is 3.58. The molecule has 3 saturated carbocycles. The molecular weight excluding hydrogens is 212 g/mol. The van der Waals surface area contributed by atoms with Crippen molar-refractivity contribution in [2.24, 2.45) is 11.3 Å². The van der Waals surface area contributed by atoms with Gasteiger partial charge in [-0.2, -0.15) is 0 Å². The Kier molecular flexibility index (Phi) is 2.99. The second-order valence-corrected chi connectivity index (χ2v) is 6.26. The lowest BCUT2D eigenvalue weighted by atomic mass is 9.42. The zero-order valence-electron chi connectivity index (χ0n) is 11.2. The van der Waals surface area contributed by atoms with Crippen molar-refractivity contribution in [3.8, 4) is 0 Å². The number of allylic oxidation sites excluding steroid dienone is 2. The predicted octanol–water partition coefficient (Wildman–Crippen LogP) is 2.81. The Hall–Kier alpha value is -0.600. The van der Waals surface area contributed by atoms with Gasteiger partial charge in [0.05, 0.1) is 11.7 Å². The van der Waals surface area contributed by atoms with Gasteiger partial charge in [0.15, 0.2) is 0 Å². The largest absolute Gasteiger partial charge is 0.392 e. The second kappa shape index (κ2) is 3.96. The van der Waals surface area contributed by atoms with Crippen LogP contribution in [0.5, 0.6) is 0 Å². The minimum atomic E-state index is -0.673. The molecule has 0 aliphatic heterocycles. The van der Waals surface area contributed by atoms with E-state index in [0.717, 1.165) is 19.3 Å². The van der Waals surface area contributed by atoms with Crippen LogP contribution < -0.4 is 0 Å². The number of hydrogen-bond acceptors (Lipinski definition) is 2. The second-order valence-electron chi connectivity index (χ2n) is 6.26. The summed E-state index contributed by atoms with van der Waals surface area (Å²) in [7, 11) is 0. The molecule has 0 heterocycles. The summed E-state index contributed by atoms with van der Waals surface area (Å²) in [5.41, 5.74) is 1.35. The van der Waals surface area contributed by atoms with Crippen molar-refractivity contribution in [1.29, 1.82) is 0 Å². The van der Waals surface area contributed by atoms with Crippen molar-refractivity contribution < 1.29 is 10.2 Å². The SMILES string of the molecule is C=C1CCC2(O)CC1C2(C)C(O)CC=C(C)C. The molecule has 4 unspecified atom stereocenters. The summed E-state index contributed by atoms with van der Waals surface area (Å²) in [5.74, 6) is 0.293. The van der Waals surface area contributed by atoms with Crippen LogP contribution in [-0.2, 0) is 0 Å². The van der Waals surface area contributed by atoms with Crippen LogP contribution >= 0.6 is 0 Å². The molecule has 2 N–H and O–H groups in total. The van der Waals surface area contributed by atoms with E-state index in [0.29, 0.717) is 12.3 Å². The van der Waals surface area contributed by atoms with Crippen LogP contribution in [0.25, 0.3) is 0 Å². The van der Waals surface area contributed by atoms with Gasteiger partial charge >= 0.3 is 0 Å². The van der Waals surface area contributed by atoms with E-state index >= 15 is 0 Å². The monoisotopic (exact) mass is 236 g/mol. The summed E-state index contributed by atoms with van der Waals surface area (Å²) in [4.78, 5) is 0. The summed E-state index contributed by atoms with van der Waals surface area (Å²) in [6.07, 6.45) is 4.66.